The summed E-state index contributed by atoms with van der Waals surface area (Å²) in [4.78, 5) is 24.4. The van der Waals surface area contributed by atoms with Crippen LogP contribution in [-0.4, -0.2) is 53.9 Å². The Morgan fingerprint density at radius 3 is 2.85 bits per heavy atom. The van der Waals surface area contributed by atoms with Crippen molar-refractivity contribution >= 4 is 23.4 Å². The molecule has 144 valence electrons. The van der Waals surface area contributed by atoms with Gasteiger partial charge in [0.25, 0.3) is 0 Å². The Balaban J connectivity index is 2.00. The monoisotopic (exact) mass is 386 g/mol. The Morgan fingerprint density at radius 2 is 2.19 bits per heavy atom. The van der Waals surface area contributed by atoms with Crippen LogP contribution in [0, 0.1) is 10.1 Å². The quantitative estimate of drug-likeness (QED) is 0.579. The molecule has 8 nitrogen and oxygen atoms in total. The van der Waals surface area contributed by atoms with Crippen LogP contribution in [-0.2, 0) is 9.47 Å². The van der Waals surface area contributed by atoms with Gasteiger partial charge in [-0.25, -0.2) is 4.79 Å². The maximum absolute atomic E-state index is 12.3. The zero-order chi connectivity index (χ0) is 19.3. The Morgan fingerprint density at radius 1 is 1.46 bits per heavy atom. The first-order valence-corrected chi connectivity index (χ1v) is 8.70. The summed E-state index contributed by atoms with van der Waals surface area (Å²) >= 11 is 5.80. The SMILES string of the molecule is CC(C)(C)OC(=O)N1CCCO[C@H](COc2ccc(Cl)cc2[N+](=O)[O-])C1. The maximum Gasteiger partial charge on any atom is 0.410 e. The van der Waals surface area contributed by atoms with E-state index in [1.807, 2.05) is 0 Å². The fourth-order valence-corrected chi connectivity index (χ4v) is 2.59. The van der Waals surface area contributed by atoms with Crippen LogP contribution >= 0.6 is 11.6 Å². The standard InChI is InChI=1S/C17H23ClN2O6/c1-17(2,3)26-16(21)19-7-4-8-24-13(10-19)11-25-15-6-5-12(18)9-14(15)20(22)23/h5-6,9,13H,4,7-8,10-11H2,1-3H3/t13-/m0/s1. The molecule has 0 radical (unpaired) electrons. The van der Waals surface area contributed by atoms with Crippen LogP contribution in [0.3, 0.4) is 0 Å². The zero-order valence-electron chi connectivity index (χ0n) is 15.1. The molecule has 0 spiro atoms. The number of carbonyl (C=O) groups is 1. The number of carbonyl (C=O) groups excluding carboxylic acids is 1. The molecule has 1 amide bonds. The van der Waals surface area contributed by atoms with E-state index in [1.54, 1.807) is 25.7 Å². The third-order valence-corrected chi connectivity index (χ3v) is 3.78. The van der Waals surface area contributed by atoms with Gasteiger partial charge in [-0.15, -0.1) is 0 Å². The van der Waals surface area contributed by atoms with Gasteiger partial charge in [0.05, 0.1) is 11.5 Å². The number of benzene rings is 1. The Kier molecular flexibility index (Phi) is 6.66. The van der Waals surface area contributed by atoms with Crippen LogP contribution in [0.25, 0.3) is 0 Å². The lowest BCUT2D eigenvalue weighted by Gasteiger charge is -2.27. The molecular formula is C17H23ClN2O6. The number of nitro groups is 1. The lowest BCUT2D eigenvalue weighted by molar-refractivity contribution is -0.385. The van der Waals surface area contributed by atoms with Gasteiger partial charge in [-0.1, -0.05) is 11.6 Å². The smallest absolute Gasteiger partial charge is 0.410 e. The van der Waals surface area contributed by atoms with E-state index in [1.165, 1.54) is 18.2 Å². The van der Waals surface area contributed by atoms with Crippen LogP contribution in [0.1, 0.15) is 27.2 Å². The summed E-state index contributed by atoms with van der Waals surface area (Å²) in [6.45, 7) is 6.76. The molecule has 0 bridgehead atoms. The number of amides is 1. The van der Waals surface area contributed by atoms with Crippen molar-refractivity contribution < 1.29 is 23.9 Å². The second kappa shape index (κ2) is 8.55. The van der Waals surface area contributed by atoms with Crippen molar-refractivity contribution in [3.63, 3.8) is 0 Å². The zero-order valence-corrected chi connectivity index (χ0v) is 15.8. The molecule has 1 aromatic carbocycles. The van der Waals surface area contributed by atoms with Crippen molar-refractivity contribution in [2.75, 3.05) is 26.3 Å². The second-order valence-corrected chi connectivity index (χ2v) is 7.39. The topological polar surface area (TPSA) is 91.1 Å². The molecule has 0 saturated carbocycles. The number of hydrogen-bond acceptors (Lipinski definition) is 6. The number of nitro benzene ring substituents is 1. The number of halogens is 1. The number of hydrogen-bond donors (Lipinski definition) is 0. The van der Waals surface area contributed by atoms with Crippen molar-refractivity contribution in [2.24, 2.45) is 0 Å². The number of rotatable bonds is 4. The van der Waals surface area contributed by atoms with Crippen LogP contribution in [0.4, 0.5) is 10.5 Å². The fourth-order valence-electron chi connectivity index (χ4n) is 2.43. The van der Waals surface area contributed by atoms with E-state index in [0.717, 1.165) is 0 Å². The molecule has 1 aliphatic rings. The molecule has 0 aromatic heterocycles. The predicted molar refractivity (Wildman–Crippen MR) is 95.8 cm³/mol. The molecule has 0 aliphatic carbocycles. The van der Waals surface area contributed by atoms with E-state index in [0.29, 0.717) is 19.6 Å². The van der Waals surface area contributed by atoms with Crippen molar-refractivity contribution in [3.8, 4) is 5.75 Å². The van der Waals surface area contributed by atoms with Gasteiger partial charge in [0.2, 0.25) is 0 Å². The molecule has 2 rings (SSSR count). The summed E-state index contributed by atoms with van der Waals surface area (Å²) in [6, 6.07) is 4.20. The second-order valence-electron chi connectivity index (χ2n) is 6.95. The highest BCUT2D eigenvalue weighted by molar-refractivity contribution is 6.30. The van der Waals surface area contributed by atoms with Crippen molar-refractivity contribution in [2.45, 2.75) is 38.9 Å². The van der Waals surface area contributed by atoms with E-state index in [4.69, 9.17) is 25.8 Å². The van der Waals surface area contributed by atoms with Gasteiger partial charge in [-0.05, 0) is 39.3 Å². The van der Waals surface area contributed by atoms with Gasteiger partial charge >= 0.3 is 11.8 Å². The number of ether oxygens (including phenoxy) is 3. The minimum absolute atomic E-state index is 0.0712. The molecular weight excluding hydrogens is 364 g/mol. The maximum atomic E-state index is 12.3. The van der Waals surface area contributed by atoms with Crippen LogP contribution < -0.4 is 4.74 Å². The summed E-state index contributed by atoms with van der Waals surface area (Å²) in [5.74, 6) is 0.107. The lowest BCUT2D eigenvalue weighted by Crippen LogP contribution is -2.42. The molecule has 1 atom stereocenters. The first-order chi connectivity index (χ1) is 12.2. The lowest BCUT2D eigenvalue weighted by atomic mass is 10.2. The predicted octanol–water partition coefficient (Wildman–Crippen LogP) is 3.65. The van der Waals surface area contributed by atoms with Crippen molar-refractivity contribution in [3.05, 3.63) is 33.3 Å². The number of nitrogens with zero attached hydrogens (tertiary/aromatic N) is 2. The normalized spacial score (nSPS) is 18.2. The first kappa shape index (κ1) is 20.3. The van der Waals surface area contributed by atoms with E-state index in [9.17, 15) is 14.9 Å². The molecule has 9 heteroatoms. The third-order valence-electron chi connectivity index (χ3n) is 3.54. The average Bonchev–Trinajstić information content (AvgIpc) is 2.77. The van der Waals surface area contributed by atoms with Gasteiger partial charge in [0.15, 0.2) is 5.75 Å². The van der Waals surface area contributed by atoms with E-state index < -0.39 is 22.7 Å². The average molecular weight is 387 g/mol. The molecule has 1 heterocycles. The molecule has 1 saturated heterocycles. The highest BCUT2D eigenvalue weighted by atomic mass is 35.5. The molecule has 1 aromatic rings. The third kappa shape index (κ3) is 6.03. The molecule has 1 fully saturated rings. The molecule has 0 unspecified atom stereocenters. The summed E-state index contributed by atoms with van der Waals surface area (Å²) in [5.41, 5.74) is -0.796. The summed E-state index contributed by atoms with van der Waals surface area (Å²) in [5, 5.41) is 11.4. The van der Waals surface area contributed by atoms with Gasteiger partial charge in [0.1, 0.15) is 18.3 Å². The van der Waals surface area contributed by atoms with Crippen molar-refractivity contribution in [1.82, 2.24) is 4.90 Å². The Bertz CT molecular complexity index is 661. The fraction of sp³-hybridized carbons (Fsp3) is 0.588. The van der Waals surface area contributed by atoms with Crippen LogP contribution in [0.15, 0.2) is 18.2 Å². The van der Waals surface area contributed by atoms with Gasteiger partial charge in [-0.3, -0.25) is 10.1 Å². The molecule has 26 heavy (non-hydrogen) atoms. The summed E-state index contributed by atoms with van der Waals surface area (Å²) < 4.78 is 16.7. The van der Waals surface area contributed by atoms with Gasteiger partial charge in [0, 0.05) is 24.2 Å². The molecule has 0 N–H and O–H groups in total. The molecule has 1 aliphatic heterocycles. The minimum Gasteiger partial charge on any atom is -0.484 e. The highest BCUT2D eigenvalue weighted by Gasteiger charge is 2.27. The summed E-state index contributed by atoms with van der Waals surface area (Å²) in [6.07, 6.45) is -0.151. The van der Waals surface area contributed by atoms with E-state index in [2.05, 4.69) is 0 Å². The Hall–Kier alpha value is -2.06. The van der Waals surface area contributed by atoms with Gasteiger partial charge < -0.3 is 19.1 Å². The van der Waals surface area contributed by atoms with Crippen molar-refractivity contribution in [1.29, 1.82) is 0 Å². The Labute approximate surface area is 157 Å². The van der Waals surface area contributed by atoms with E-state index in [-0.39, 0.29) is 29.6 Å². The van der Waals surface area contributed by atoms with Crippen LogP contribution in [0.2, 0.25) is 5.02 Å². The van der Waals surface area contributed by atoms with E-state index >= 15 is 0 Å². The largest absolute Gasteiger partial charge is 0.484 e. The van der Waals surface area contributed by atoms with Gasteiger partial charge in [-0.2, -0.15) is 0 Å². The highest BCUT2D eigenvalue weighted by Crippen LogP contribution is 2.30. The van der Waals surface area contributed by atoms with Crippen LogP contribution in [0.5, 0.6) is 5.75 Å². The minimum atomic E-state index is -0.583. The summed E-state index contributed by atoms with van der Waals surface area (Å²) in [7, 11) is 0. The first-order valence-electron chi connectivity index (χ1n) is 8.32.